The third-order valence-corrected chi connectivity index (χ3v) is 6.43. The van der Waals surface area contributed by atoms with E-state index in [0.717, 1.165) is 23.9 Å². The fourth-order valence-corrected chi connectivity index (χ4v) is 4.89. The van der Waals surface area contributed by atoms with E-state index in [4.69, 9.17) is 0 Å². The van der Waals surface area contributed by atoms with Crippen LogP contribution < -0.4 is 9.80 Å². The number of nitrogens with one attached hydrogen (secondary N) is 1. The fourth-order valence-electron chi connectivity index (χ4n) is 4.89. The average molecular weight is 362 g/mol. The van der Waals surface area contributed by atoms with Crippen LogP contribution in [-0.2, 0) is 11.8 Å². The third kappa shape index (κ3) is 3.61. The van der Waals surface area contributed by atoms with Crippen molar-refractivity contribution >= 4 is 5.69 Å². The Kier molecular flexibility index (Phi) is 4.96. The first-order chi connectivity index (χ1) is 13.0. The van der Waals surface area contributed by atoms with Crippen molar-refractivity contribution in [2.75, 3.05) is 13.1 Å². The average Bonchev–Trinajstić information content (AvgIpc) is 3.02. The Hall–Kier alpha value is -1.90. The van der Waals surface area contributed by atoms with Crippen molar-refractivity contribution in [2.45, 2.75) is 57.5 Å². The monoisotopic (exact) mass is 361 g/mol. The van der Waals surface area contributed by atoms with Crippen LogP contribution in [0.25, 0.3) is 0 Å². The topological polar surface area (TPSA) is 12.0 Å². The maximum absolute atomic E-state index is 3.89. The minimum Gasteiger partial charge on any atom is -0.308 e. The molecule has 0 aliphatic carbocycles. The van der Waals surface area contributed by atoms with E-state index in [0.29, 0.717) is 12.1 Å². The molecule has 0 spiro atoms. The molecule has 142 valence electrons. The van der Waals surface area contributed by atoms with Gasteiger partial charge in [0.25, 0.3) is 0 Å². The zero-order valence-electron chi connectivity index (χ0n) is 17.0. The molecule has 2 aromatic carbocycles. The molecular formula is C25H33N2+. The zero-order chi connectivity index (χ0) is 18.9. The summed E-state index contributed by atoms with van der Waals surface area (Å²) in [4.78, 5) is 0. The van der Waals surface area contributed by atoms with Crippen LogP contribution >= 0.6 is 0 Å². The minimum absolute atomic E-state index is 0.216. The number of nitrogens with zero attached hydrogens (tertiary/aromatic N) is 1. The van der Waals surface area contributed by atoms with Gasteiger partial charge in [0.1, 0.15) is 11.7 Å². The van der Waals surface area contributed by atoms with Gasteiger partial charge in [-0.2, -0.15) is 0 Å². The van der Waals surface area contributed by atoms with Crippen molar-refractivity contribution in [3.05, 3.63) is 78.0 Å². The highest BCUT2D eigenvalue weighted by Crippen LogP contribution is 2.37. The molecule has 2 aliphatic heterocycles. The predicted molar refractivity (Wildman–Crippen MR) is 116 cm³/mol. The number of benzene rings is 2. The number of hydrogen-bond acceptors (Lipinski definition) is 1. The van der Waals surface area contributed by atoms with Crippen LogP contribution in [0.4, 0.5) is 5.69 Å². The lowest BCUT2D eigenvalue weighted by molar-refractivity contribution is 0.265. The van der Waals surface area contributed by atoms with Crippen LogP contribution in [0.1, 0.15) is 44.7 Å². The van der Waals surface area contributed by atoms with Gasteiger partial charge in [-0.1, -0.05) is 63.2 Å². The molecule has 0 radical (unpaired) electrons. The molecule has 2 nitrogen and oxygen atoms in total. The van der Waals surface area contributed by atoms with E-state index in [2.05, 4.69) is 93.0 Å². The number of para-hydroxylation sites is 1. The first-order valence-corrected chi connectivity index (χ1v) is 10.4. The molecule has 2 aromatic rings. The quantitative estimate of drug-likeness (QED) is 0.743. The van der Waals surface area contributed by atoms with Gasteiger partial charge in [0.05, 0.1) is 18.8 Å². The van der Waals surface area contributed by atoms with Gasteiger partial charge in [-0.25, -0.2) is 0 Å². The van der Waals surface area contributed by atoms with Crippen LogP contribution in [0.2, 0.25) is 0 Å². The SMILES string of the molecule is CC(C)(C)c1ccc(CC2NCCC[N+]3(c4ccccc4)C=CC[C@@H]23)cc1. The largest absolute Gasteiger partial charge is 0.308 e. The Morgan fingerprint density at radius 3 is 2.44 bits per heavy atom. The summed E-state index contributed by atoms with van der Waals surface area (Å²) in [6.07, 6.45) is 8.34. The third-order valence-electron chi connectivity index (χ3n) is 6.43. The maximum atomic E-state index is 3.89. The molecule has 0 amide bonds. The predicted octanol–water partition coefficient (Wildman–Crippen LogP) is 5.18. The highest BCUT2D eigenvalue weighted by molar-refractivity contribution is 5.48. The Morgan fingerprint density at radius 2 is 1.74 bits per heavy atom. The first-order valence-electron chi connectivity index (χ1n) is 10.4. The molecule has 0 aromatic heterocycles. The summed E-state index contributed by atoms with van der Waals surface area (Å²) >= 11 is 0. The number of hydrogen-bond donors (Lipinski definition) is 1. The molecule has 1 N–H and O–H groups in total. The number of rotatable bonds is 3. The summed E-state index contributed by atoms with van der Waals surface area (Å²) in [7, 11) is 0. The summed E-state index contributed by atoms with van der Waals surface area (Å²) in [6.45, 7) is 9.15. The second-order valence-corrected chi connectivity index (χ2v) is 9.24. The number of fused-ring (bicyclic) bond motifs is 1. The summed E-state index contributed by atoms with van der Waals surface area (Å²) in [5.41, 5.74) is 4.51. The molecule has 3 atom stereocenters. The smallest absolute Gasteiger partial charge is 0.137 e. The Bertz CT molecular complexity index is 785. The van der Waals surface area contributed by atoms with Crippen molar-refractivity contribution in [3.63, 3.8) is 0 Å². The Labute approximate surface area is 164 Å². The second-order valence-electron chi connectivity index (χ2n) is 9.24. The molecule has 0 saturated carbocycles. The summed E-state index contributed by atoms with van der Waals surface area (Å²) < 4.78 is 1.01. The van der Waals surface area contributed by atoms with Crippen molar-refractivity contribution < 1.29 is 0 Å². The van der Waals surface area contributed by atoms with Crippen LogP contribution in [0.5, 0.6) is 0 Å². The highest BCUT2D eigenvalue weighted by Gasteiger charge is 2.46. The van der Waals surface area contributed by atoms with Gasteiger partial charge >= 0.3 is 0 Å². The second kappa shape index (κ2) is 7.26. The molecule has 2 heterocycles. The van der Waals surface area contributed by atoms with Gasteiger partial charge in [0.2, 0.25) is 0 Å². The van der Waals surface area contributed by atoms with E-state index < -0.39 is 0 Å². The lowest BCUT2D eigenvalue weighted by Crippen LogP contribution is -2.57. The highest BCUT2D eigenvalue weighted by atomic mass is 15.4. The molecule has 2 heteroatoms. The molecule has 4 rings (SSSR count). The Balaban J connectivity index is 1.60. The normalized spacial score (nSPS) is 28.0. The molecule has 0 bridgehead atoms. The molecular weight excluding hydrogens is 328 g/mol. The van der Waals surface area contributed by atoms with Crippen LogP contribution in [0.15, 0.2) is 66.9 Å². The minimum atomic E-state index is 0.216. The van der Waals surface area contributed by atoms with Crippen molar-refractivity contribution in [1.82, 2.24) is 9.80 Å². The fraction of sp³-hybridized carbons (Fsp3) is 0.440. The van der Waals surface area contributed by atoms with Gasteiger partial charge in [0.15, 0.2) is 0 Å². The van der Waals surface area contributed by atoms with Gasteiger partial charge in [-0.15, -0.1) is 0 Å². The molecule has 2 aliphatic rings. The number of quaternary nitrogens is 1. The standard InChI is InChI=1S/C25H33N2/c1-25(2,3)21-14-12-20(13-15-21)19-23-24-11-7-17-27(24,18-8-16-26-23)22-9-5-4-6-10-22/h4-7,9-10,12-15,17,23-24,26H,8,11,16,18-19H2,1-3H3/q+1/t23?,24-,27?/m0/s1. The van der Waals surface area contributed by atoms with Gasteiger partial charge in [-0.3, -0.25) is 4.48 Å². The van der Waals surface area contributed by atoms with Crippen molar-refractivity contribution in [3.8, 4) is 0 Å². The van der Waals surface area contributed by atoms with Crippen LogP contribution in [0, 0.1) is 0 Å². The lowest BCUT2D eigenvalue weighted by atomic mass is 9.86. The van der Waals surface area contributed by atoms with Crippen LogP contribution in [0.3, 0.4) is 0 Å². The first kappa shape index (κ1) is 18.5. The maximum Gasteiger partial charge on any atom is 0.137 e. The molecule has 27 heavy (non-hydrogen) atoms. The van der Waals surface area contributed by atoms with E-state index >= 15 is 0 Å². The Morgan fingerprint density at radius 1 is 1.00 bits per heavy atom. The van der Waals surface area contributed by atoms with Gasteiger partial charge in [-0.05, 0) is 41.2 Å². The van der Waals surface area contributed by atoms with E-state index in [1.807, 2.05) is 0 Å². The van der Waals surface area contributed by atoms with E-state index in [-0.39, 0.29) is 5.41 Å². The molecule has 1 saturated heterocycles. The van der Waals surface area contributed by atoms with Gasteiger partial charge in [0, 0.05) is 19.4 Å². The zero-order valence-corrected chi connectivity index (χ0v) is 17.0. The van der Waals surface area contributed by atoms with Crippen LogP contribution in [-0.4, -0.2) is 25.2 Å². The van der Waals surface area contributed by atoms with Gasteiger partial charge < -0.3 is 5.32 Å². The van der Waals surface area contributed by atoms with Crippen molar-refractivity contribution in [1.29, 1.82) is 0 Å². The summed E-state index contributed by atoms with van der Waals surface area (Å²) in [6, 6.07) is 21.5. The van der Waals surface area contributed by atoms with Crippen molar-refractivity contribution in [2.24, 2.45) is 0 Å². The van der Waals surface area contributed by atoms with E-state index in [9.17, 15) is 0 Å². The summed E-state index contributed by atoms with van der Waals surface area (Å²) in [5.74, 6) is 0. The van der Waals surface area contributed by atoms with E-state index in [1.54, 1.807) is 0 Å². The molecule has 1 fully saturated rings. The molecule has 2 unspecified atom stereocenters. The van der Waals surface area contributed by atoms with E-state index in [1.165, 1.54) is 29.8 Å². The lowest BCUT2D eigenvalue weighted by Gasteiger charge is -2.40. The summed E-state index contributed by atoms with van der Waals surface area (Å²) in [5, 5.41) is 3.89.